The molecule has 2 aromatic rings. The molecule has 0 saturated heterocycles. The Labute approximate surface area is 127 Å². The van der Waals surface area contributed by atoms with Crippen molar-refractivity contribution < 1.29 is 14.3 Å². The van der Waals surface area contributed by atoms with E-state index in [-0.39, 0.29) is 18.3 Å². The summed E-state index contributed by atoms with van der Waals surface area (Å²) in [5, 5.41) is 1.99. The Bertz CT molecular complexity index is 647. The average Bonchev–Trinajstić information content (AvgIpc) is 3.02. The number of carbonyl (C=O) groups is 2. The van der Waals surface area contributed by atoms with Crippen LogP contribution in [-0.4, -0.2) is 45.9 Å². The molecule has 0 aromatic carbocycles. The van der Waals surface area contributed by atoms with Crippen LogP contribution in [0.1, 0.15) is 36.5 Å². The molecule has 114 valence electrons. The van der Waals surface area contributed by atoms with Crippen molar-refractivity contribution in [2.75, 3.05) is 19.7 Å². The normalized spacial score (nSPS) is 10.8. The van der Waals surface area contributed by atoms with Gasteiger partial charge in [-0.05, 0) is 20.8 Å². The van der Waals surface area contributed by atoms with Crippen molar-refractivity contribution in [1.82, 2.24) is 14.3 Å². The van der Waals surface area contributed by atoms with Crippen LogP contribution < -0.4 is 0 Å². The van der Waals surface area contributed by atoms with Crippen LogP contribution in [0.3, 0.4) is 0 Å². The summed E-state index contributed by atoms with van der Waals surface area (Å²) in [5.41, 5.74) is 1.46. The maximum Gasteiger partial charge on any atom is 0.307 e. The van der Waals surface area contributed by atoms with E-state index >= 15 is 0 Å². The van der Waals surface area contributed by atoms with Gasteiger partial charge in [0.25, 0.3) is 5.91 Å². The molecule has 2 rings (SSSR count). The molecule has 0 bridgehead atoms. The van der Waals surface area contributed by atoms with Gasteiger partial charge in [-0.1, -0.05) is 0 Å². The Kier molecular flexibility index (Phi) is 4.95. The Hall–Kier alpha value is -1.89. The van der Waals surface area contributed by atoms with Crippen molar-refractivity contribution in [3.63, 3.8) is 0 Å². The minimum Gasteiger partial charge on any atom is -0.466 e. The molecule has 1 amide bonds. The molecule has 0 radical (unpaired) electrons. The van der Waals surface area contributed by atoms with E-state index in [4.69, 9.17) is 4.74 Å². The predicted octanol–water partition coefficient (Wildman–Crippen LogP) is 2.12. The van der Waals surface area contributed by atoms with E-state index in [0.717, 1.165) is 10.7 Å². The SMILES string of the molecule is CCOC(=O)CCN(CC)C(=O)c1cn2c(C)csc2n1. The fraction of sp³-hybridized carbons (Fsp3) is 0.500. The van der Waals surface area contributed by atoms with Gasteiger partial charge in [0.1, 0.15) is 5.69 Å². The van der Waals surface area contributed by atoms with E-state index in [1.807, 2.05) is 23.6 Å². The number of fused-ring (bicyclic) bond motifs is 1. The van der Waals surface area contributed by atoms with Crippen LogP contribution in [0.15, 0.2) is 11.6 Å². The number of carbonyl (C=O) groups excluding carboxylic acids is 2. The van der Waals surface area contributed by atoms with E-state index in [1.165, 1.54) is 11.3 Å². The van der Waals surface area contributed by atoms with Crippen molar-refractivity contribution in [3.8, 4) is 0 Å². The highest BCUT2D eigenvalue weighted by Crippen LogP contribution is 2.16. The fourth-order valence-electron chi connectivity index (χ4n) is 2.02. The summed E-state index contributed by atoms with van der Waals surface area (Å²) in [5.74, 6) is -0.442. The second kappa shape index (κ2) is 6.71. The van der Waals surface area contributed by atoms with Gasteiger partial charge in [-0.2, -0.15) is 0 Å². The van der Waals surface area contributed by atoms with Gasteiger partial charge in [-0.15, -0.1) is 11.3 Å². The molecule has 0 spiro atoms. The van der Waals surface area contributed by atoms with Gasteiger partial charge in [0.15, 0.2) is 4.96 Å². The first-order chi connectivity index (χ1) is 10.1. The van der Waals surface area contributed by atoms with E-state index in [2.05, 4.69) is 4.98 Å². The molecule has 2 aromatic heterocycles. The number of amides is 1. The van der Waals surface area contributed by atoms with Crippen LogP contribution in [0.2, 0.25) is 0 Å². The molecule has 0 aliphatic rings. The van der Waals surface area contributed by atoms with Crippen LogP contribution in [0.25, 0.3) is 4.96 Å². The van der Waals surface area contributed by atoms with Gasteiger partial charge in [0.05, 0.1) is 13.0 Å². The molecular formula is C14H19N3O3S. The summed E-state index contributed by atoms with van der Waals surface area (Å²) in [6.07, 6.45) is 1.95. The van der Waals surface area contributed by atoms with Gasteiger partial charge in [-0.3, -0.25) is 14.0 Å². The molecule has 7 heteroatoms. The number of rotatable bonds is 6. The second-order valence-electron chi connectivity index (χ2n) is 4.60. The smallest absolute Gasteiger partial charge is 0.307 e. The van der Waals surface area contributed by atoms with E-state index in [1.54, 1.807) is 18.0 Å². The molecule has 21 heavy (non-hydrogen) atoms. The Morgan fingerprint density at radius 1 is 1.43 bits per heavy atom. The molecule has 0 unspecified atom stereocenters. The molecule has 0 aliphatic heterocycles. The largest absolute Gasteiger partial charge is 0.466 e. The molecule has 6 nitrogen and oxygen atoms in total. The van der Waals surface area contributed by atoms with Gasteiger partial charge >= 0.3 is 5.97 Å². The Morgan fingerprint density at radius 3 is 2.81 bits per heavy atom. The maximum atomic E-state index is 12.4. The number of aromatic nitrogens is 2. The number of esters is 1. The fourth-order valence-corrected chi connectivity index (χ4v) is 2.87. The van der Waals surface area contributed by atoms with Crippen molar-refractivity contribution in [2.45, 2.75) is 27.2 Å². The summed E-state index contributed by atoms with van der Waals surface area (Å²) >= 11 is 1.50. The van der Waals surface area contributed by atoms with Gasteiger partial charge < -0.3 is 9.64 Å². The van der Waals surface area contributed by atoms with Crippen LogP contribution in [0, 0.1) is 6.92 Å². The predicted molar refractivity (Wildman–Crippen MR) is 80.6 cm³/mol. The van der Waals surface area contributed by atoms with Gasteiger partial charge in [0.2, 0.25) is 0 Å². The highest BCUT2D eigenvalue weighted by atomic mass is 32.1. The number of hydrogen-bond donors (Lipinski definition) is 0. The van der Waals surface area contributed by atoms with Crippen LogP contribution >= 0.6 is 11.3 Å². The number of ether oxygens (including phenoxy) is 1. The van der Waals surface area contributed by atoms with Crippen LogP contribution in [-0.2, 0) is 9.53 Å². The number of nitrogens with zero attached hydrogens (tertiary/aromatic N) is 3. The summed E-state index contributed by atoms with van der Waals surface area (Å²) in [6, 6.07) is 0. The van der Waals surface area contributed by atoms with Gasteiger partial charge in [-0.25, -0.2) is 4.98 Å². The van der Waals surface area contributed by atoms with Crippen LogP contribution in [0.5, 0.6) is 0 Å². The first kappa shape index (κ1) is 15.5. The van der Waals surface area contributed by atoms with Crippen molar-refractivity contribution in [2.24, 2.45) is 0 Å². The highest BCUT2D eigenvalue weighted by molar-refractivity contribution is 7.15. The maximum absolute atomic E-state index is 12.4. The Morgan fingerprint density at radius 2 is 2.19 bits per heavy atom. The lowest BCUT2D eigenvalue weighted by Crippen LogP contribution is -2.33. The molecular weight excluding hydrogens is 290 g/mol. The number of imidazole rings is 1. The Balaban J connectivity index is 2.06. The van der Waals surface area contributed by atoms with Crippen molar-refractivity contribution in [3.05, 3.63) is 23.0 Å². The zero-order valence-electron chi connectivity index (χ0n) is 12.5. The first-order valence-corrected chi connectivity index (χ1v) is 7.82. The van der Waals surface area contributed by atoms with E-state index in [9.17, 15) is 9.59 Å². The lowest BCUT2D eigenvalue weighted by molar-refractivity contribution is -0.143. The summed E-state index contributed by atoms with van der Waals surface area (Å²) in [4.78, 5) is 30.6. The third-order valence-corrected chi connectivity index (χ3v) is 4.13. The summed E-state index contributed by atoms with van der Waals surface area (Å²) in [6.45, 7) is 6.85. The van der Waals surface area contributed by atoms with E-state index in [0.29, 0.717) is 25.4 Å². The third kappa shape index (κ3) is 3.41. The van der Waals surface area contributed by atoms with Crippen molar-refractivity contribution in [1.29, 1.82) is 0 Å². The molecule has 2 heterocycles. The summed E-state index contributed by atoms with van der Waals surface area (Å²) < 4.78 is 6.78. The standard InChI is InChI=1S/C14H19N3O3S/c1-4-16(7-6-12(18)20-5-2)13(19)11-8-17-10(3)9-21-14(17)15-11/h8-9H,4-7H2,1-3H3. The minimum absolute atomic E-state index is 0.155. The molecule has 0 atom stereocenters. The molecule has 0 aliphatic carbocycles. The highest BCUT2D eigenvalue weighted by Gasteiger charge is 2.19. The van der Waals surface area contributed by atoms with Crippen LogP contribution in [0.4, 0.5) is 0 Å². The first-order valence-electron chi connectivity index (χ1n) is 6.94. The second-order valence-corrected chi connectivity index (χ2v) is 5.43. The summed E-state index contributed by atoms with van der Waals surface area (Å²) in [7, 11) is 0. The zero-order valence-corrected chi connectivity index (χ0v) is 13.3. The van der Waals surface area contributed by atoms with Gasteiger partial charge in [0, 0.05) is 30.4 Å². The minimum atomic E-state index is -0.287. The topological polar surface area (TPSA) is 63.9 Å². The molecule has 0 fully saturated rings. The zero-order chi connectivity index (χ0) is 15.4. The lowest BCUT2D eigenvalue weighted by atomic mass is 10.3. The quantitative estimate of drug-likeness (QED) is 0.767. The monoisotopic (exact) mass is 309 g/mol. The number of aryl methyl sites for hydroxylation is 1. The average molecular weight is 309 g/mol. The third-order valence-electron chi connectivity index (χ3n) is 3.17. The van der Waals surface area contributed by atoms with Crippen molar-refractivity contribution >= 4 is 28.2 Å². The molecule has 0 saturated carbocycles. The molecule has 0 N–H and O–H groups in total. The lowest BCUT2D eigenvalue weighted by Gasteiger charge is -2.19. The van der Waals surface area contributed by atoms with E-state index < -0.39 is 0 Å². The number of thiazole rings is 1. The number of hydrogen-bond acceptors (Lipinski definition) is 5.